The number of nitrogens with zero attached hydrogens (tertiary/aromatic N) is 2. The van der Waals surface area contributed by atoms with Gasteiger partial charge < -0.3 is 14.5 Å². The van der Waals surface area contributed by atoms with Crippen molar-refractivity contribution in [2.75, 3.05) is 38.6 Å². The minimum absolute atomic E-state index is 0.00910. The highest BCUT2D eigenvalue weighted by Crippen LogP contribution is 2.37. The Bertz CT molecular complexity index is 1090. The van der Waals surface area contributed by atoms with Crippen LogP contribution < -0.4 is 0 Å². The predicted octanol–water partition coefficient (Wildman–Crippen LogP) is 5.27. The second-order valence-electron chi connectivity index (χ2n) is 8.42. The van der Waals surface area contributed by atoms with E-state index in [1.165, 1.54) is 22.2 Å². The van der Waals surface area contributed by atoms with Crippen molar-refractivity contribution >= 4 is 34.9 Å². The van der Waals surface area contributed by atoms with Crippen LogP contribution in [0.1, 0.15) is 35.4 Å². The SMILES string of the molecule is CCOCCCN(CC(=O)N1CCc2sccc2C1c1ccccc1)C(=O)CSc1ccccc1. The first-order valence-electron chi connectivity index (χ1n) is 12.1. The van der Waals surface area contributed by atoms with Gasteiger partial charge in [-0.25, -0.2) is 0 Å². The van der Waals surface area contributed by atoms with E-state index in [9.17, 15) is 9.59 Å². The Morgan fingerprint density at radius 2 is 1.83 bits per heavy atom. The summed E-state index contributed by atoms with van der Waals surface area (Å²) in [6, 6.07) is 22.1. The summed E-state index contributed by atoms with van der Waals surface area (Å²) in [5.41, 5.74) is 2.31. The minimum atomic E-state index is -0.113. The predicted molar refractivity (Wildman–Crippen MR) is 143 cm³/mol. The molecule has 5 nitrogen and oxygen atoms in total. The van der Waals surface area contributed by atoms with E-state index in [1.54, 1.807) is 16.2 Å². The summed E-state index contributed by atoms with van der Waals surface area (Å²) in [6.07, 6.45) is 1.56. The average molecular weight is 509 g/mol. The van der Waals surface area contributed by atoms with Gasteiger partial charge in [0.05, 0.1) is 18.3 Å². The molecule has 1 atom stereocenters. The lowest BCUT2D eigenvalue weighted by molar-refractivity contribution is -0.140. The number of fused-ring (bicyclic) bond motifs is 1. The summed E-state index contributed by atoms with van der Waals surface area (Å²) in [7, 11) is 0. The van der Waals surface area contributed by atoms with Crippen LogP contribution in [0.2, 0.25) is 0 Å². The van der Waals surface area contributed by atoms with Crippen molar-refractivity contribution in [3.63, 3.8) is 0 Å². The number of rotatable bonds is 11. The van der Waals surface area contributed by atoms with Gasteiger partial charge in [-0.05, 0) is 54.5 Å². The number of thiophene rings is 1. The second-order valence-corrected chi connectivity index (χ2v) is 10.5. The van der Waals surface area contributed by atoms with E-state index in [2.05, 4.69) is 23.6 Å². The van der Waals surface area contributed by atoms with Gasteiger partial charge in [0.1, 0.15) is 0 Å². The second kappa shape index (κ2) is 12.9. The normalized spacial score (nSPS) is 15.0. The van der Waals surface area contributed by atoms with E-state index in [4.69, 9.17) is 4.74 Å². The molecule has 1 aromatic heterocycles. The molecule has 0 fully saturated rings. The van der Waals surface area contributed by atoms with Gasteiger partial charge in [-0.3, -0.25) is 9.59 Å². The van der Waals surface area contributed by atoms with E-state index in [1.807, 2.05) is 60.4 Å². The molecule has 4 rings (SSSR count). The topological polar surface area (TPSA) is 49.9 Å². The quantitative estimate of drug-likeness (QED) is 0.262. The van der Waals surface area contributed by atoms with Gasteiger partial charge in [-0.15, -0.1) is 23.1 Å². The standard InChI is InChI=1S/C28H32N2O3S2/c1-2-33-18-9-16-29(27(32)21-35-23-12-7-4-8-13-23)20-26(31)30-17-14-25-24(15-19-34-25)28(30)22-10-5-3-6-11-22/h3-8,10-13,15,19,28H,2,9,14,16-18,20-21H2,1H3. The summed E-state index contributed by atoms with van der Waals surface area (Å²) in [5, 5.41) is 2.11. The van der Waals surface area contributed by atoms with Crippen LogP contribution in [0.5, 0.6) is 0 Å². The largest absolute Gasteiger partial charge is 0.382 e. The van der Waals surface area contributed by atoms with Crippen molar-refractivity contribution in [3.8, 4) is 0 Å². The summed E-state index contributed by atoms with van der Waals surface area (Å²) in [4.78, 5) is 32.9. The van der Waals surface area contributed by atoms with Gasteiger partial charge >= 0.3 is 0 Å². The van der Waals surface area contributed by atoms with Gasteiger partial charge in [0.2, 0.25) is 11.8 Å². The lowest BCUT2D eigenvalue weighted by atomic mass is 9.93. The number of benzene rings is 2. The Balaban J connectivity index is 1.48. The number of ether oxygens (including phenoxy) is 1. The van der Waals surface area contributed by atoms with Gasteiger partial charge in [0.15, 0.2) is 0 Å². The molecule has 0 bridgehead atoms. The Morgan fingerprint density at radius 1 is 1.09 bits per heavy atom. The van der Waals surface area contributed by atoms with Gasteiger partial charge in [-0.1, -0.05) is 48.5 Å². The van der Waals surface area contributed by atoms with E-state index in [0.717, 1.165) is 16.9 Å². The molecule has 0 aliphatic carbocycles. The average Bonchev–Trinajstić information content (AvgIpc) is 3.38. The highest BCUT2D eigenvalue weighted by molar-refractivity contribution is 8.00. The lowest BCUT2D eigenvalue weighted by Gasteiger charge is -2.37. The van der Waals surface area contributed by atoms with Crippen LogP contribution in [0.25, 0.3) is 0 Å². The molecule has 0 spiro atoms. The maximum atomic E-state index is 13.7. The van der Waals surface area contributed by atoms with Crippen LogP contribution in [0, 0.1) is 0 Å². The van der Waals surface area contributed by atoms with Crippen molar-refractivity contribution in [1.29, 1.82) is 0 Å². The number of carbonyl (C=O) groups excluding carboxylic acids is 2. The zero-order chi connectivity index (χ0) is 24.5. The van der Waals surface area contributed by atoms with E-state index in [-0.39, 0.29) is 24.4 Å². The number of thioether (sulfide) groups is 1. The molecule has 7 heteroatoms. The Labute approximate surface area is 216 Å². The van der Waals surface area contributed by atoms with E-state index < -0.39 is 0 Å². The van der Waals surface area contributed by atoms with Crippen LogP contribution in [-0.4, -0.2) is 60.2 Å². The fraction of sp³-hybridized carbons (Fsp3) is 0.357. The number of hydrogen-bond acceptors (Lipinski definition) is 5. The first-order valence-corrected chi connectivity index (χ1v) is 14.0. The number of carbonyl (C=O) groups is 2. The Kier molecular flexibility index (Phi) is 9.40. The molecule has 3 aromatic rings. The fourth-order valence-corrected chi connectivity index (χ4v) is 6.11. The van der Waals surface area contributed by atoms with Crippen LogP contribution in [-0.2, 0) is 20.7 Å². The highest BCUT2D eigenvalue weighted by atomic mass is 32.2. The summed E-state index contributed by atoms with van der Waals surface area (Å²) in [5.74, 6) is 0.279. The Hall–Kier alpha value is -2.61. The van der Waals surface area contributed by atoms with Crippen molar-refractivity contribution in [3.05, 3.63) is 88.1 Å². The molecular formula is C28H32N2O3S2. The molecule has 0 N–H and O–H groups in total. The lowest BCUT2D eigenvalue weighted by Crippen LogP contribution is -2.47. The third-order valence-corrected chi connectivity index (χ3v) is 8.10. The van der Waals surface area contributed by atoms with Crippen molar-refractivity contribution in [1.82, 2.24) is 9.80 Å². The van der Waals surface area contributed by atoms with Crippen LogP contribution in [0.4, 0.5) is 0 Å². The van der Waals surface area contributed by atoms with Crippen LogP contribution in [0.15, 0.2) is 77.0 Å². The first-order chi connectivity index (χ1) is 17.2. The molecular weight excluding hydrogens is 476 g/mol. The summed E-state index contributed by atoms with van der Waals surface area (Å²) < 4.78 is 5.48. The molecule has 0 saturated carbocycles. The van der Waals surface area contributed by atoms with Crippen LogP contribution in [0.3, 0.4) is 0 Å². The third kappa shape index (κ3) is 6.75. The first kappa shape index (κ1) is 25.5. The molecule has 35 heavy (non-hydrogen) atoms. The van der Waals surface area contributed by atoms with E-state index in [0.29, 0.717) is 38.5 Å². The molecule has 2 amide bonds. The Morgan fingerprint density at radius 3 is 2.57 bits per heavy atom. The molecule has 1 unspecified atom stereocenters. The number of amides is 2. The van der Waals surface area contributed by atoms with Crippen molar-refractivity contribution < 1.29 is 14.3 Å². The molecule has 0 radical (unpaired) electrons. The molecule has 0 saturated heterocycles. The third-order valence-electron chi connectivity index (χ3n) is 6.11. The molecule has 1 aliphatic heterocycles. The van der Waals surface area contributed by atoms with Gasteiger partial charge in [-0.2, -0.15) is 0 Å². The number of hydrogen-bond donors (Lipinski definition) is 0. The maximum Gasteiger partial charge on any atom is 0.242 e. The monoisotopic (exact) mass is 508 g/mol. The highest BCUT2D eigenvalue weighted by Gasteiger charge is 2.33. The van der Waals surface area contributed by atoms with E-state index >= 15 is 0 Å². The van der Waals surface area contributed by atoms with Crippen molar-refractivity contribution in [2.45, 2.75) is 30.7 Å². The maximum absolute atomic E-state index is 13.7. The fourth-order valence-electron chi connectivity index (χ4n) is 4.38. The minimum Gasteiger partial charge on any atom is -0.382 e. The van der Waals surface area contributed by atoms with Crippen LogP contribution >= 0.6 is 23.1 Å². The molecule has 184 valence electrons. The van der Waals surface area contributed by atoms with Crippen molar-refractivity contribution in [2.24, 2.45) is 0 Å². The smallest absolute Gasteiger partial charge is 0.242 e. The molecule has 1 aliphatic rings. The zero-order valence-corrected chi connectivity index (χ0v) is 21.7. The van der Waals surface area contributed by atoms with Gasteiger partial charge in [0.25, 0.3) is 0 Å². The summed E-state index contributed by atoms with van der Waals surface area (Å²) in [6.45, 7) is 4.44. The molecule has 2 heterocycles. The van der Waals surface area contributed by atoms with Gasteiger partial charge in [0, 0.05) is 36.1 Å². The summed E-state index contributed by atoms with van der Waals surface area (Å²) >= 11 is 3.26. The molecule has 2 aromatic carbocycles. The zero-order valence-electron chi connectivity index (χ0n) is 20.1.